The second kappa shape index (κ2) is 4.54. The fraction of sp³-hybridized carbons (Fsp3) is 0.571. The van der Waals surface area contributed by atoms with Gasteiger partial charge in [-0.05, 0) is 38.8 Å². The molecule has 1 aromatic carbocycles. The highest BCUT2D eigenvalue weighted by atomic mass is 32.2. The summed E-state index contributed by atoms with van der Waals surface area (Å²) in [7, 11) is -0.718. The zero-order chi connectivity index (χ0) is 12.6. The zero-order valence-electron chi connectivity index (χ0n) is 11.0. The van der Waals surface area contributed by atoms with E-state index in [4.69, 9.17) is 0 Å². The van der Waals surface area contributed by atoms with Crippen LogP contribution in [0.25, 0.3) is 0 Å². The minimum absolute atomic E-state index is 0.0377. The van der Waals surface area contributed by atoms with Crippen LogP contribution in [0.3, 0.4) is 0 Å². The molecule has 0 saturated carbocycles. The SMILES string of the molecule is Cc1ccc(C)c(C2CS(=O)CC(C)(C)N2)c1. The second-order valence-corrected chi connectivity index (χ2v) is 7.19. The maximum absolute atomic E-state index is 11.9. The Hall–Kier alpha value is -0.670. The van der Waals surface area contributed by atoms with E-state index < -0.39 is 10.8 Å². The van der Waals surface area contributed by atoms with Crippen LogP contribution < -0.4 is 5.32 Å². The molecule has 17 heavy (non-hydrogen) atoms. The summed E-state index contributed by atoms with van der Waals surface area (Å²) in [6.45, 7) is 8.49. The van der Waals surface area contributed by atoms with Crippen LogP contribution in [-0.2, 0) is 10.8 Å². The zero-order valence-corrected chi connectivity index (χ0v) is 11.9. The van der Waals surface area contributed by atoms with Crippen LogP contribution in [0.5, 0.6) is 0 Å². The first-order chi connectivity index (χ1) is 7.87. The largest absolute Gasteiger partial charge is 0.303 e. The Labute approximate surface area is 106 Å². The van der Waals surface area contributed by atoms with Gasteiger partial charge >= 0.3 is 0 Å². The normalized spacial score (nSPS) is 28.0. The van der Waals surface area contributed by atoms with E-state index in [-0.39, 0.29) is 11.6 Å². The first-order valence-corrected chi connectivity index (χ1v) is 7.56. The average molecular weight is 251 g/mol. The van der Waals surface area contributed by atoms with Crippen LogP contribution in [-0.4, -0.2) is 21.3 Å². The summed E-state index contributed by atoms with van der Waals surface area (Å²) in [5.74, 6) is 1.47. The molecule has 1 fully saturated rings. The number of hydrogen-bond donors (Lipinski definition) is 1. The van der Waals surface area contributed by atoms with Crippen molar-refractivity contribution in [1.82, 2.24) is 5.32 Å². The number of nitrogens with one attached hydrogen (secondary N) is 1. The Balaban J connectivity index is 2.33. The number of hydrogen-bond acceptors (Lipinski definition) is 2. The van der Waals surface area contributed by atoms with Gasteiger partial charge in [0.25, 0.3) is 0 Å². The lowest BCUT2D eigenvalue weighted by molar-refractivity contribution is 0.368. The second-order valence-electron chi connectivity index (χ2n) is 5.69. The molecule has 2 atom stereocenters. The standard InChI is InChI=1S/C14H21NOS/c1-10-5-6-11(2)12(7-10)13-8-17(16)9-14(3,4)15-13/h5-7,13,15H,8-9H2,1-4H3. The molecule has 94 valence electrons. The monoisotopic (exact) mass is 251 g/mol. The third-order valence-electron chi connectivity index (χ3n) is 3.25. The highest BCUT2D eigenvalue weighted by Gasteiger charge is 2.32. The molecule has 2 unspecified atom stereocenters. The average Bonchev–Trinajstić information content (AvgIpc) is 2.18. The number of rotatable bonds is 1. The molecule has 1 aromatic rings. The van der Waals surface area contributed by atoms with Crippen molar-refractivity contribution in [1.29, 1.82) is 0 Å². The molecule has 1 N–H and O–H groups in total. The Bertz CT molecular complexity index is 454. The summed E-state index contributed by atoms with van der Waals surface area (Å²) in [6, 6.07) is 6.71. The fourth-order valence-electron chi connectivity index (χ4n) is 2.51. The molecular formula is C14H21NOS. The minimum Gasteiger partial charge on any atom is -0.303 e. The lowest BCUT2D eigenvalue weighted by Gasteiger charge is -2.37. The molecule has 0 spiro atoms. The van der Waals surface area contributed by atoms with E-state index >= 15 is 0 Å². The molecule has 0 aromatic heterocycles. The summed E-state index contributed by atoms with van der Waals surface area (Å²) < 4.78 is 11.9. The summed E-state index contributed by atoms with van der Waals surface area (Å²) >= 11 is 0. The van der Waals surface area contributed by atoms with E-state index in [0.29, 0.717) is 0 Å². The summed E-state index contributed by atoms with van der Waals surface area (Å²) in [5, 5.41) is 3.61. The predicted molar refractivity (Wildman–Crippen MR) is 73.7 cm³/mol. The predicted octanol–water partition coefficient (Wildman–Crippen LogP) is 2.48. The molecular weight excluding hydrogens is 230 g/mol. The van der Waals surface area contributed by atoms with E-state index in [1.54, 1.807) is 0 Å². The van der Waals surface area contributed by atoms with Crippen molar-refractivity contribution >= 4 is 10.8 Å². The van der Waals surface area contributed by atoms with Gasteiger partial charge < -0.3 is 5.32 Å². The van der Waals surface area contributed by atoms with Gasteiger partial charge in [0.1, 0.15) is 0 Å². The summed E-state index contributed by atoms with van der Waals surface area (Å²) in [6.07, 6.45) is 0. The maximum Gasteiger partial charge on any atom is 0.0443 e. The Morgan fingerprint density at radius 1 is 1.35 bits per heavy atom. The minimum atomic E-state index is -0.718. The van der Waals surface area contributed by atoms with Gasteiger partial charge in [-0.2, -0.15) is 0 Å². The van der Waals surface area contributed by atoms with Crippen LogP contribution in [0, 0.1) is 13.8 Å². The quantitative estimate of drug-likeness (QED) is 0.831. The molecule has 3 heteroatoms. The number of benzene rings is 1. The van der Waals surface area contributed by atoms with Crippen molar-refractivity contribution in [2.75, 3.05) is 11.5 Å². The van der Waals surface area contributed by atoms with Crippen molar-refractivity contribution in [3.8, 4) is 0 Å². The van der Waals surface area contributed by atoms with Crippen LogP contribution >= 0.6 is 0 Å². The molecule has 1 aliphatic rings. The van der Waals surface area contributed by atoms with Gasteiger partial charge in [-0.25, -0.2) is 0 Å². The summed E-state index contributed by atoms with van der Waals surface area (Å²) in [4.78, 5) is 0. The molecule has 0 bridgehead atoms. The first-order valence-electron chi connectivity index (χ1n) is 6.07. The van der Waals surface area contributed by atoms with Crippen molar-refractivity contribution in [2.45, 2.75) is 39.3 Å². The topological polar surface area (TPSA) is 29.1 Å². The van der Waals surface area contributed by atoms with E-state index in [1.165, 1.54) is 16.7 Å². The first kappa shape index (κ1) is 12.8. The van der Waals surface area contributed by atoms with Crippen molar-refractivity contribution in [2.24, 2.45) is 0 Å². The molecule has 2 nitrogen and oxygen atoms in total. The van der Waals surface area contributed by atoms with Gasteiger partial charge in [-0.15, -0.1) is 0 Å². The Morgan fingerprint density at radius 2 is 2.06 bits per heavy atom. The van der Waals surface area contributed by atoms with Gasteiger partial charge in [-0.1, -0.05) is 23.8 Å². The molecule has 1 saturated heterocycles. The smallest absolute Gasteiger partial charge is 0.0443 e. The molecule has 1 heterocycles. The van der Waals surface area contributed by atoms with Crippen LogP contribution in [0.15, 0.2) is 18.2 Å². The molecule has 2 rings (SSSR count). The lowest BCUT2D eigenvalue weighted by atomic mass is 9.97. The van der Waals surface area contributed by atoms with E-state index in [2.05, 4.69) is 51.2 Å². The maximum atomic E-state index is 11.9. The lowest BCUT2D eigenvalue weighted by Crippen LogP contribution is -2.52. The van der Waals surface area contributed by atoms with Gasteiger partial charge in [0.15, 0.2) is 0 Å². The van der Waals surface area contributed by atoms with E-state index in [0.717, 1.165) is 11.5 Å². The fourth-order valence-corrected chi connectivity index (χ4v) is 4.15. The van der Waals surface area contributed by atoms with Crippen LogP contribution in [0.2, 0.25) is 0 Å². The van der Waals surface area contributed by atoms with Crippen molar-refractivity contribution < 1.29 is 4.21 Å². The highest BCUT2D eigenvalue weighted by molar-refractivity contribution is 7.85. The highest BCUT2D eigenvalue weighted by Crippen LogP contribution is 2.26. The molecule has 1 aliphatic heterocycles. The van der Waals surface area contributed by atoms with E-state index in [9.17, 15) is 4.21 Å². The molecule has 0 amide bonds. The van der Waals surface area contributed by atoms with Crippen LogP contribution in [0.4, 0.5) is 0 Å². The van der Waals surface area contributed by atoms with Crippen molar-refractivity contribution in [3.05, 3.63) is 34.9 Å². The third kappa shape index (κ3) is 2.96. The van der Waals surface area contributed by atoms with Gasteiger partial charge in [0, 0.05) is 33.9 Å². The summed E-state index contributed by atoms with van der Waals surface area (Å²) in [5.41, 5.74) is 3.81. The Kier molecular flexibility index (Phi) is 3.41. The van der Waals surface area contributed by atoms with Gasteiger partial charge in [0.2, 0.25) is 0 Å². The van der Waals surface area contributed by atoms with Crippen molar-refractivity contribution in [3.63, 3.8) is 0 Å². The third-order valence-corrected chi connectivity index (χ3v) is 5.00. The van der Waals surface area contributed by atoms with Crippen LogP contribution in [0.1, 0.15) is 36.6 Å². The van der Waals surface area contributed by atoms with Gasteiger partial charge in [0.05, 0.1) is 0 Å². The Morgan fingerprint density at radius 3 is 2.71 bits per heavy atom. The van der Waals surface area contributed by atoms with E-state index in [1.807, 2.05) is 0 Å². The molecule has 0 aliphatic carbocycles. The number of aryl methyl sites for hydroxylation is 2. The van der Waals surface area contributed by atoms with Gasteiger partial charge in [-0.3, -0.25) is 4.21 Å². The molecule has 0 radical (unpaired) electrons.